The number of allylic oxidation sites excluding steroid dienone is 1. The van der Waals surface area contributed by atoms with Gasteiger partial charge in [-0.15, -0.1) is 0 Å². The smallest absolute Gasteiger partial charge is 0.357 e. The second-order valence-corrected chi connectivity index (χ2v) is 9.65. The third-order valence-electron chi connectivity index (χ3n) is 7.25. The fourth-order valence-corrected chi connectivity index (χ4v) is 6.14. The number of aromatic nitrogens is 3. The van der Waals surface area contributed by atoms with Crippen molar-refractivity contribution in [2.75, 3.05) is 0 Å². The second kappa shape index (κ2) is 9.51. The number of hydrogen-bond acceptors (Lipinski definition) is 5. The number of carbonyl (C=O) groups excluding carboxylic acids is 1. The number of hydrogen-bond donors (Lipinski definition) is 1. The molecule has 0 aromatic carbocycles. The molecular formula is C25H26F4N6O. The van der Waals surface area contributed by atoms with E-state index >= 15 is 0 Å². The number of fused-ring (bicyclic) bond motifs is 1. The lowest BCUT2D eigenvalue weighted by atomic mass is 9.63. The number of piperidine rings is 2. The van der Waals surface area contributed by atoms with E-state index in [9.17, 15) is 22.4 Å². The highest BCUT2D eigenvalue weighted by molar-refractivity contribution is 5.98. The minimum absolute atomic E-state index is 0.0926. The second-order valence-electron chi connectivity index (χ2n) is 9.65. The summed E-state index contributed by atoms with van der Waals surface area (Å²) in [5.74, 6) is 1.06. The average Bonchev–Trinajstić information content (AvgIpc) is 3.16. The molecule has 1 N–H and O–H groups in total. The highest BCUT2D eigenvalue weighted by Gasteiger charge is 2.49. The number of rotatable bonds is 7. The molecule has 11 heteroatoms. The minimum atomic E-state index is -4.55. The molecule has 0 radical (unpaired) electrons. The van der Waals surface area contributed by atoms with Gasteiger partial charge >= 0.3 is 6.18 Å². The van der Waals surface area contributed by atoms with Gasteiger partial charge in [-0.05, 0) is 50.0 Å². The summed E-state index contributed by atoms with van der Waals surface area (Å²) in [5, 5.41) is 7.05. The van der Waals surface area contributed by atoms with E-state index < -0.39 is 12.7 Å². The van der Waals surface area contributed by atoms with Crippen LogP contribution in [0.3, 0.4) is 0 Å². The van der Waals surface area contributed by atoms with E-state index in [0.717, 1.165) is 36.6 Å². The van der Waals surface area contributed by atoms with Crippen molar-refractivity contribution in [1.29, 1.82) is 0 Å². The molecule has 190 valence electrons. The molecule has 4 heterocycles. The standard InChI is InChI=1S/C25H26F4N6O/c1-2-4-30-13-21(31-5-3-26)23-19-12-32-20(11-22(19)34(33-23)14-25(27,28)29)24(36)35-17-7-15-6-16(9-17)10-18(35)8-15/h2-5,11-13,15-18,31H,1,6-10,14H2/b5-3+,21-13-,30-4+. The number of carbonyl (C=O) groups is 1. The third kappa shape index (κ3) is 4.66. The number of alkyl halides is 3. The van der Waals surface area contributed by atoms with Crippen molar-refractivity contribution in [1.82, 2.24) is 25.0 Å². The minimum Gasteiger partial charge on any atom is -0.357 e. The summed E-state index contributed by atoms with van der Waals surface area (Å²) in [6.07, 6.45) is 7.22. The van der Waals surface area contributed by atoms with Gasteiger partial charge in [0, 0.05) is 36.1 Å². The Balaban J connectivity index is 1.55. The van der Waals surface area contributed by atoms with E-state index in [1.165, 1.54) is 37.2 Å². The molecule has 36 heavy (non-hydrogen) atoms. The summed E-state index contributed by atoms with van der Waals surface area (Å²) >= 11 is 0. The number of pyridine rings is 1. The monoisotopic (exact) mass is 502 g/mol. The normalized spacial score (nSPS) is 26.0. The summed E-state index contributed by atoms with van der Waals surface area (Å²) in [5.41, 5.74) is 0.445. The lowest BCUT2D eigenvalue weighted by Crippen LogP contribution is -2.59. The molecule has 2 saturated carbocycles. The number of amides is 1. The van der Waals surface area contributed by atoms with E-state index in [-0.39, 0.29) is 52.3 Å². The SMILES string of the molecule is C=C/C=N/C=C(\N/C=C/F)c1nn(CC(F)(F)F)c2cc(C(=O)N3C4CC5CC(C4)CC3C5)ncc12. The van der Waals surface area contributed by atoms with Crippen LogP contribution in [0.4, 0.5) is 17.6 Å². The van der Waals surface area contributed by atoms with Crippen LogP contribution in [0.25, 0.3) is 16.6 Å². The average molecular weight is 503 g/mol. The van der Waals surface area contributed by atoms with Crippen molar-refractivity contribution in [3.05, 3.63) is 55.0 Å². The molecule has 2 aromatic rings. The largest absolute Gasteiger partial charge is 0.408 e. The third-order valence-corrected chi connectivity index (χ3v) is 7.25. The quantitative estimate of drug-likeness (QED) is 0.428. The van der Waals surface area contributed by atoms with Crippen LogP contribution in [-0.4, -0.2) is 50.0 Å². The number of nitrogens with one attached hydrogen (secondary N) is 1. The zero-order chi connectivity index (χ0) is 25.4. The molecule has 6 rings (SSSR count). The van der Waals surface area contributed by atoms with Crippen molar-refractivity contribution in [2.45, 2.75) is 56.9 Å². The van der Waals surface area contributed by atoms with Crippen molar-refractivity contribution >= 4 is 28.7 Å². The summed E-state index contributed by atoms with van der Waals surface area (Å²) in [7, 11) is 0. The highest BCUT2D eigenvalue weighted by atomic mass is 19.4. The van der Waals surface area contributed by atoms with Gasteiger partial charge in [0.15, 0.2) is 0 Å². The summed E-state index contributed by atoms with van der Waals surface area (Å²) in [6.45, 7) is 2.16. The number of aliphatic imine (C=N–C) groups is 1. The summed E-state index contributed by atoms with van der Waals surface area (Å²) in [6, 6.07) is 1.70. The van der Waals surface area contributed by atoms with E-state index in [1.807, 2.05) is 4.90 Å². The fraction of sp³-hybridized carbons (Fsp3) is 0.440. The van der Waals surface area contributed by atoms with Crippen molar-refractivity contribution in [3.8, 4) is 0 Å². The van der Waals surface area contributed by atoms with Gasteiger partial charge in [-0.25, -0.2) is 4.39 Å². The topological polar surface area (TPSA) is 75.4 Å². The first-order valence-electron chi connectivity index (χ1n) is 11.9. The Kier molecular flexibility index (Phi) is 6.40. The van der Waals surface area contributed by atoms with Crippen LogP contribution in [0, 0.1) is 11.8 Å². The number of halogens is 4. The molecule has 0 atom stereocenters. The Morgan fingerprint density at radius 3 is 2.50 bits per heavy atom. The maximum Gasteiger partial charge on any atom is 0.408 e. The van der Waals surface area contributed by atoms with E-state index in [1.54, 1.807) is 0 Å². The molecule has 7 nitrogen and oxygen atoms in total. The molecule has 4 aliphatic rings. The van der Waals surface area contributed by atoms with Crippen LogP contribution in [-0.2, 0) is 6.54 Å². The van der Waals surface area contributed by atoms with Gasteiger partial charge in [-0.2, -0.15) is 18.3 Å². The Morgan fingerprint density at radius 1 is 1.19 bits per heavy atom. The predicted molar refractivity (Wildman–Crippen MR) is 127 cm³/mol. The van der Waals surface area contributed by atoms with Gasteiger partial charge in [0.1, 0.15) is 24.3 Å². The fourth-order valence-electron chi connectivity index (χ4n) is 6.14. The van der Waals surface area contributed by atoms with Crippen molar-refractivity contribution in [3.63, 3.8) is 0 Å². The van der Waals surface area contributed by atoms with E-state index in [4.69, 9.17) is 0 Å². The first kappa shape index (κ1) is 24.2. The first-order valence-corrected chi connectivity index (χ1v) is 11.9. The molecule has 4 bridgehead atoms. The molecule has 1 amide bonds. The molecule has 2 saturated heterocycles. The van der Waals surface area contributed by atoms with Crippen LogP contribution in [0.5, 0.6) is 0 Å². The Morgan fingerprint density at radius 2 is 1.89 bits per heavy atom. The Labute approximate surface area is 205 Å². The van der Waals surface area contributed by atoms with Crippen molar-refractivity contribution < 1.29 is 22.4 Å². The van der Waals surface area contributed by atoms with Gasteiger partial charge in [0.2, 0.25) is 0 Å². The predicted octanol–water partition coefficient (Wildman–Crippen LogP) is 4.98. The Bertz CT molecular complexity index is 1230. The molecule has 0 spiro atoms. The maximum absolute atomic E-state index is 13.5. The van der Waals surface area contributed by atoms with E-state index in [0.29, 0.717) is 11.8 Å². The molecular weight excluding hydrogens is 476 g/mol. The van der Waals surface area contributed by atoms with Crippen LogP contribution in [0.2, 0.25) is 0 Å². The first-order chi connectivity index (χ1) is 17.3. The van der Waals surface area contributed by atoms with Crippen LogP contribution >= 0.6 is 0 Å². The van der Waals surface area contributed by atoms with Gasteiger partial charge < -0.3 is 10.2 Å². The van der Waals surface area contributed by atoms with Crippen molar-refractivity contribution in [2.24, 2.45) is 16.8 Å². The lowest BCUT2D eigenvalue weighted by Gasteiger charge is -2.56. The van der Waals surface area contributed by atoms with Gasteiger partial charge in [-0.3, -0.25) is 19.5 Å². The Hall–Kier alpha value is -3.50. The molecule has 0 unspecified atom stereocenters. The van der Waals surface area contributed by atoms with Gasteiger partial charge in [-0.1, -0.05) is 12.7 Å². The molecule has 2 aliphatic heterocycles. The summed E-state index contributed by atoms with van der Waals surface area (Å²) in [4.78, 5) is 23.8. The zero-order valence-electron chi connectivity index (χ0n) is 19.5. The maximum atomic E-state index is 13.5. The zero-order valence-corrected chi connectivity index (χ0v) is 19.5. The van der Waals surface area contributed by atoms with Crippen LogP contribution < -0.4 is 5.32 Å². The summed E-state index contributed by atoms with van der Waals surface area (Å²) < 4.78 is 53.7. The van der Waals surface area contributed by atoms with Crippen LogP contribution in [0.1, 0.15) is 48.3 Å². The number of nitrogens with zero attached hydrogens (tertiary/aromatic N) is 5. The molecule has 2 aromatic heterocycles. The van der Waals surface area contributed by atoms with Gasteiger partial charge in [0.05, 0.1) is 17.4 Å². The lowest BCUT2D eigenvalue weighted by molar-refractivity contribution is -0.141. The van der Waals surface area contributed by atoms with E-state index in [2.05, 4.69) is 27.0 Å². The molecule has 4 fully saturated rings. The molecule has 2 aliphatic carbocycles. The van der Waals surface area contributed by atoms with Gasteiger partial charge in [0.25, 0.3) is 5.91 Å². The highest BCUT2D eigenvalue weighted by Crippen LogP contribution is 2.49. The van der Waals surface area contributed by atoms with Crippen LogP contribution in [0.15, 0.2) is 48.6 Å².